The molecular formula is C16H17BrN4O. The van der Waals surface area contributed by atoms with E-state index in [-0.39, 0.29) is 11.8 Å². The molecule has 0 fully saturated rings. The van der Waals surface area contributed by atoms with E-state index in [0.29, 0.717) is 11.1 Å². The van der Waals surface area contributed by atoms with Crippen molar-refractivity contribution in [1.29, 1.82) is 0 Å². The molecule has 0 radical (unpaired) electrons. The molecule has 1 aromatic carbocycles. The number of hydrogen-bond acceptors (Lipinski definition) is 4. The third kappa shape index (κ3) is 3.62. The number of aromatic nitrogens is 2. The van der Waals surface area contributed by atoms with Crippen LogP contribution in [0.15, 0.2) is 41.3 Å². The zero-order valence-electron chi connectivity index (χ0n) is 12.1. The Morgan fingerprint density at radius 1 is 1.32 bits per heavy atom. The highest BCUT2D eigenvalue weighted by atomic mass is 79.9. The third-order valence-electron chi connectivity index (χ3n) is 3.78. The lowest BCUT2D eigenvalue weighted by atomic mass is 9.96. The third-order valence-corrected chi connectivity index (χ3v) is 4.19. The maximum Gasteiger partial charge on any atom is 0.223 e. The van der Waals surface area contributed by atoms with Crippen LogP contribution in [0, 0.1) is 5.92 Å². The first-order valence-corrected chi connectivity index (χ1v) is 8.07. The molecule has 0 aliphatic carbocycles. The van der Waals surface area contributed by atoms with E-state index in [1.807, 2.05) is 12.1 Å². The largest absolute Gasteiger partial charge is 0.385 e. The van der Waals surface area contributed by atoms with Gasteiger partial charge in [-0.05, 0) is 40.4 Å². The van der Waals surface area contributed by atoms with Crippen molar-refractivity contribution in [3.8, 4) is 0 Å². The van der Waals surface area contributed by atoms with Gasteiger partial charge in [0.2, 0.25) is 5.91 Å². The van der Waals surface area contributed by atoms with Crippen LogP contribution in [0.5, 0.6) is 0 Å². The Morgan fingerprint density at radius 3 is 3.00 bits per heavy atom. The van der Waals surface area contributed by atoms with Crippen molar-refractivity contribution < 1.29 is 4.79 Å². The summed E-state index contributed by atoms with van der Waals surface area (Å²) in [5.74, 6) is 0.0581. The lowest BCUT2D eigenvalue weighted by Gasteiger charge is -2.14. The Hall–Kier alpha value is -1.95. The molecule has 2 aromatic rings. The quantitative estimate of drug-likeness (QED) is 0.882. The molecule has 1 unspecified atom stereocenters. The second-order valence-electron chi connectivity index (χ2n) is 5.32. The number of carbonyl (C=O) groups is 1. The number of nitrogens with zero attached hydrogens (tertiary/aromatic N) is 2. The highest BCUT2D eigenvalue weighted by Gasteiger charge is 2.22. The summed E-state index contributed by atoms with van der Waals surface area (Å²) in [5, 5.41) is 6.34. The average Bonchev–Trinajstić information content (AvgIpc) is 2.76. The molecule has 6 heteroatoms. The molecule has 1 aliphatic heterocycles. The summed E-state index contributed by atoms with van der Waals surface area (Å²) in [5.41, 5.74) is 3.09. The van der Waals surface area contributed by atoms with Gasteiger partial charge in [-0.1, -0.05) is 18.2 Å². The summed E-state index contributed by atoms with van der Waals surface area (Å²) >= 11 is 3.24. The molecule has 0 saturated heterocycles. The molecule has 1 atom stereocenters. The number of nitrogens with one attached hydrogen (secondary N) is 2. The lowest BCUT2D eigenvalue weighted by molar-refractivity contribution is -0.125. The highest BCUT2D eigenvalue weighted by molar-refractivity contribution is 9.10. The van der Waals surface area contributed by atoms with Gasteiger partial charge in [0, 0.05) is 18.2 Å². The molecule has 3 rings (SSSR count). The second-order valence-corrected chi connectivity index (χ2v) is 6.13. The van der Waals surface area contributed by atoms with E-state index >= 15 is 0 Å². The topological polar surface area (TPSA) is 66.9 Å². The van der Waals surface area contributed by atoms with E-state index < -0.39 is 0 Å². The van der Waals surface area contributed by atoms with Crippen molar-refractivity contribution in [1.82, 2.24) is 15.3 Å². The summed E-state index contributed by atoms with van der Waals surface area (Å²) in [6.45, 7) is 1.22. The molecule has 5 nitrogen and oxygen atoms in total. The van der Waals surface area contributed by atoms with E-state index in [1.165, 1.54) is 5.56 Å². The molecule has 2 N–H and O–H groups in total. The molecule has 0 saturated carbocycles. The fourth-order valence-corrected chi connectivity index (χ4v) is 2.80. The van der Waals surface area contributed by atoms with Crippen molar-refractivity contribution in [3.63, 3.8) is 0 Å². The zero-order valence-corrected chi connectivity index (χ0v) is 13.6. The SMILES string of the molecule is O=C(NCc1cnc(Br)cn1)C1CCNc2ccccc2C1. The van der Waals surface area contributed by atoms with Crippen LogP contribution in [0.1, 0.15) is 17.7 Å². The van der Waals surface area contributed by atoms with Gasteiger partial charge in [0.25, 0.3) is 0 Å². The van der Waals surface area contributed by atoms with Gasteiger partial charge in [-0.2, -0.15) is 0 Å². The lowest BCUT2D eigenvalue weighted by Crippen LogP contribution is -2.32. The molecule has 1 amide bonds. The molecule has 1 aromatic heterocycles. The number of hydrogen-bond donors (Lipinski definition) is 2. The van der Waals surface area contributed by atoms with Crippen molar-refractivity contribution in [2.75, 3.05) is 11.9 Å². The Morgan fingerprint density at radius 2 is 2.18 bits per heavy atom. The van der Waals surface area contributed by atoms with Gasteiger partial charge < -0.3 is 10.6 Å². The molecule has 22 heavy (non-hydrogen) atoms. The first kappa shape index (κ1) is 15.0. The molecule has 114 valence electrons. The summed E-state index contributed by atoms with van der Waals surface area (Å²) in [6, 6.07) is 8.16. The highest BCUT2D eigenvalue weighted by Crippen LogP contribution is 2.24. The Bertz CT molecular complexity index is 659. The Labute approximate surface area is 137 Å². The number of carbonyl (C=O) groups excluding carboxylic acids is 1. The number of amides is 1. The van der Waals surface area contributed by atoms with E-state index in [2.05, 4.69) is 48.7 Å². The first-order chi connectivity index (χ1) is 10.7. The van der Waals surface area contributed by atoms with Crippen molar-refractivity contribution in [2.45, 2.75) is 19.4 Å². The van der Waals surface area contributed by atoms with Gasteiger partial charge in [-0.15, -0.1) is 0 Å². The minimum Gasteiger partial charge on any atom is -0.385 e. The van der Waals surface area contributed by atoms with Crippen molar-refractivity contribution in [2.24, 2.45) is 5.92 Å². The van der Waals surface area contributed by atoms with Crippen LogP contribution in [0.3, 0.4) is 0 Å². The number of fused-ring (bicyclic) bond motifs is 1. The van der Waals surface area contributed by atoms with Crippen LogP contribution in [0.2, 0.25) is 0 Å². The molecule has 1 aliphatic rings. The van der Waals surface area contributed by atoms with Gasteiger partial charge >= 0.3 is 0 Å². The number of benzene rings is 1. The maximum atomic E-state index is 12.4. The van der Waals surface area contributed by atoms with Crippen molar-refractivity contribution in [3.05, 3.63) is 52.5 Å². The fraction of sp³-hybridized carbons (Fsp3) is 0.312. The number of rotatable bonds is 3. The predicted octanol–water partition coefficient (Wildman–Crippen LogP) is 2.53. The van der Waals surface area contributed by atoms with Gasteiger partial charge in [-0.25, -0.2) is 4.98 Å². The van der Waals surface area contributed by atoms with Crippen LogP contribution >= 0.6 is 15.9 Å². The van der Waals surface area contributed by atoms with Crippen LogP contribution < -0.4 is 10.6 Å². The first-order valence-electron chi connectivity index (χ1n) is 7.28. The smallest absolute Gasteiger partial charge is 0.223 e. The second kappa shape index (κ2) is 6.87. The van der Waals surface area contributed by atoms with Gasteiger partial charge in [0.05, 0.1) is 24.6 Å². The summed E-state index contributed by atoms with van der Waals surface area (Å²) < 4.78 is 0.689. The summed E-state index contributed by atoms with van der Waals surface area (Å²) in [6.07, 6.45) is 4.88. The van der Waals surface area contributed by atoms with Gasteiger partial charge in [-0.3, -0.25) is 9.78 Å². The van der Waals surface area contributed by atoms with Crippen LogP contribution in [0.4, 0.5) is 5.69 Å². The summed E-state index contributed by atoms with van der Waals surface area (Å²) in [4.78, 5) is 20.7. The van der Waals surface area contributed by atoms with Gasteiger partial charge in [0.1, 0.15) is 4.60 Å². The summed E-state index contributed by atoms with van der Waals surface area (Å²) in [7, 11) is 0. The van der Waals surface area contributed by atoms with Crippen LogP contribution in [-0.4, -0.2) is 22.4 Å². The number of anilines is 1. The monoisotopic (exact) mass is 360 g/mol. The van der Waals surface area contributed by atoms with E-state index in [1.54, 1.807) is 12.4 Å². The number of halogens is 1. The Kier molecular flexibility index (Phi) is 4.68. The van der Waals surface area contributed by atoms with Crippen LogP contribution in [0.25, 0.3) is 0 Å². The van der Waals surface area contributed by atoms with Crippen LogP contribution in [-0.2, 0) is 17.8 Å². The predicted molar refractivity (Wildman–Crippen MR) is 88.3 cm³/mol. The Balaban J connectivity index is 1.61. The molecule has 2 heterocycles. The molecule has 0 bridgehead atoms. The normalized spacial score (nSPS) is 17.0. The minimum absolute atomic E-state index is 0.0143. The molecular weight excluding hydrogens is 344 g/mol. The molecule has 0 spiro atoms. The minimum atomic E-state index is -0.0143. The standard InChI is InChI=1S/C16H17BrN4O/c17-15-10-19-13(8-20-15)9-21-16(22)12-5-6-18-14-4-2-1-3-11(14)7-12/h1-4,8,10,12,18H,5-7,9H2,(H,21,22). The van der Waals surface area contributed by atoms with E-state index in [0.717, 1.165) is 30.8 Å². The number of para-hydroxylation sites is 1. The van der Waals surface area contributed by atoms with Crippen molar-refractivity contribution >= 4 is 27.5 Å². The van der Waals surface area contributed by atoms with E-state index in [4.69, 9.17) is 0 Å². The maximum absolute atomic E-state index is 12.4. The zero-order chi connectivity index (χ0) is 15.4. The van der Waals surface area contributed by atoms with Gasteiger partial charge in [0.15, 0.2) is 0 Å². The van der Waals surface area contributed by atoms with E-state index in [9.17, 15) is 4.79 Å². The average molecular weight is 361 g/mol. The fourth-order valence-electron chi connectivity index (χ4n) is 2.60.